The van der Waals surface area contributed by atoms with Crippen molar-refractivity contribution in [3.05, 3.63) is 101 Å². The summed E-state index contributed by atoms with van der Waals surface area (Å²) in [6, 6.07) is 8.77. The number of nitriles is 1. The van der Waals surface area contributed by atoms with Gasteiger partial charge in [0.15, 0.2) is 17.3 Å². The van der Waals surface area contributed by atoms with Crippen LogP contribution in [0.4, 0.5) is 13.2 Å². The summed E-state index contributed by atoms with van der Waals surface area (Å²) in [5.41, 5.74) is -3.76. The minimum Gasteiger partial charge on any atom is -0.480 e. The van der Waals surface area contributed by atoms with Gasteiger partial charge in [0.1, 0.15) is 30.1 Å². The molecule has 2 heterocycles. The maximum Gasteiger partial charge on any atom is 0.324 e. The van der Waals surface area contributed by atoms with Gasteiger partial charge >= 0.3 is 17.9 Å². The molecule has 0 amide bonds. The number of carboxylic acids is 1. The summed E-state index contributed by atoms with van der Waals surface area (Å²) >= 11 is 1.22. The molecule has 0 bridgehead atoms. The summed E-state index contributed by atoms with van der Waals surface area (Å²) in [6.07, 6.45) is 7.93. The standard InChI is InChI=1S/C35H33F3N4O8S/c1-21(51-27-16-48-31(49-17-27)6-4-3-5-24-8-7-23(14-39)11-29(24)37)35(18-42-20-40-19-41-42,28-10-9-26(36)12-30(28)38)50-33(46)34(32(44)45)13-25(34)15-47-22(2)43/h3-12,19-21,25,27,31H,13,15-18H2,1-2H3,(H,44,45)/t21-,25?,27?,31?,34?,35-/m1/s1. The van der Waals surface area contributed by atoms with Crippen molar-refractivity contribution in [1.29, 1.82) is 5.26 Å². The van der Waals surface area contributed by atoms with E-state index in [1.54, 1.807) is 25.2 Å². The number of nitrogens with zero attached hydrogens (tertiary/aromatic N) is 4. The number of ether oxygens (including phenoxy) is 4. The lowest BCUT2D eigenvalue weighted by molar-refractivity contribution is -0.178. The monoisotopic (exact) mass is 726 g/mol. The topological polar surface area (TPSA) is 163 Å². The zero-order valence-electron chi connectivity index (χ0n) is 27.4. The van der Waals surface area contributed by atoms with E-state index in [9.17, 15) is 28.3 Å². The van der Waals surface area contributed by atoms with Crippen LogP contribution in [0.1, 0.15) is 37.0 Å². The molecule has 2 unspecified atom stereocenters. The predicted molar refractivity (Wildman–Crippen MR) is 175 cm³/mol. The molecule has 1 aromatic heterocycles. The second-order valence-electron chi connectivity index (χ2n) is 12.0. The molecule has 3 aromatic rings. The molecule has 12 nitrogen and oxygen atoms in total. The molecule has 4 atom stereocenters. The fourth-order valence-electron chi connectivity index (χ4n) is 5.73. The van der Waals surface area contributed by atoms with Crippen LogP contribution in [0.3, 0.4) is 0 Å². The predicted octanol–water partition coefficient (Wildman–Crippen LogP) is 4.79. The van der Waals surface area contributed by atoms with Gasteiger partial charge in [-0.3, -0.25) is 14.4 Å². The third kappa shape index (κ3) is 8.50. The van der Waals surface area contributed by atoms with Crippen molar-refractivity contribution >= 4 is 35.7 Å². The second kappa shape index (κ2) is 15.9. The maximum absolute atomic E-state index is 15.7. The highest BCUT2D eigenvalue weighted by molar-refractivity contribution is 8.00. The zero-order chi connectivity index (χ0) is 36.8. The number of benzene rings is 2. The number of carbonyl (C=O) groups excluding carboxylic acids is 2. The summed E-state index contributed by atoms with van der Waals surface area (Å²) in [4.78, 5) is 41.8. The molecule has 1 aliphatic carbocycles. The number of carbonyl (C=O) groups is 3. The van der Waals surface area contributed by atoms with Crippen LogP contribution in [-0.2, 0) is 45.5 Å². The number of aromatic nitrogens is 3. The number of allylic oxidation sites excluding steroid dienone is 2. The van der Waals surface area contributed by atoms with E-state index in [2.05, 4.69) is 10.1 Å². The Labute approximate surface area is 294 Å². The average molecular weight is 727 g/mol. The van der Waals surface area contributed by atoms with Gasteiger partial charge in [-0.25, -0.2) is 22.8 Å². The maximum atomic E-state index is 15.7. The summed E-state index contributed by atoms with van der Waals surface area (Å²) < 4.78 is 68.1. The van der Waals surface area contributed by atoms with Crippen LogP contribution < -0.4 is 0 Å². The Morgan fingerprint density at radius 2 is 1.94 bits per heavy atom. The number of halogens is 3. The molecule has 0 spiro atoms. The number of thioether (sulfide) groups is 1. The normalized spacial score (nSPS) is 23.3. The summed E-state index contributed by atoms with van der Waals surface area (Å²) in [7, 11) is 0. The van der Waals surface area contributed by atoms with Crippen molar-refractivity contribution in [2.75, 3.05) is 19.8 Å². The fraction of sp³-hybridized carbons (Fsp3) is 0.371. The van der Waals surface area contributed by atoms with Gasteiger partial charge in [-0.15, -0.1) is 11.8 Å². The first-order valence-corrected chi connectivity index (χ1v) is 16.6. The van der Waals surface area contributed by atoms with Crippen molar-refractivity contribution in [2.24, 2.45) is 11.3 Å². The van der Waals surface area contributed by atoms with Gasteiger partial charge in [-0.05, 0) is 43.7 Å². The number of esters is 2. The van der Waals surface area contributed by atoms with Gasteiger partial charge in [-0.1, -0.05) is 24.3 Å². The molecule has 2 aliphatic rings. The molecule has 1 saturated heterocycles. The van der Waals surface area contributed by atoms with E-state index in [1.807, 2.05) is 6.07 Å². The molecule has 1 saturated carbocycles. The average Bonchev–Trinajstić information content (AvgIpc) is 3.63. The minimum absolute atomic E-state index is 0.140. The van der Waals surface area contributed by atoms with Gasteiger partial charge in [0, 0.05) is 35.3 Å². The summed E-state index contributed by atoms with van der Waals surface area (Å²) in [6.45, 7) is 2.41. The quantitative estimate of drug-likeness (QED) is 0.138. The van der Waals surface area contributed by atoms with Crippen LogP contribution in [-0.4, -0.2) is 74.4 Å². The Bertz CT molecular complexity index is 1860. The highest BCUT2D eigenvalue weighted by Gasteiger charge is 2.69. The summed E-state index contributed by atoms with van der Waals surface area (Å²) in [5, 5.41) is 21.9. The lowest BCUT2D eigenvalue weighted by atomic mass is 9.88. The SMILES string of the molecule is CC(=O)OCC1CC1(C(=O)O)C(=O)O[C@@](Cn1cncn1)(c1ccc(F)cc1F)[C@@H](C)SC1COC(C=CC=Cc2ccc(C#N)cc2F)OC1. The van der Waals surface area contributed by atoms with E-state index in [-0.39, 0.29) is 49.5 Å². The number of aliphatic carboxylic acids is 1. The van der Waals surface area contributed by atoms with Crippen LogP contribution in [0.25, 0.3) is 6.08 Å². The molecular formula is C35H33F3N4O8S. The zero-order valence-corrected chi connectivity index (χ0v) is 28.2. The Hall–Kier alpha value is -4.98. The first-order valence-electron chi connectivity index (χ1n) is 15.7. The largest absolute Gasteiger partial charge is 0.480 e. The van der Waals surface area contributed by atoms with Gasteiger partial charge in [0.2, 0.25) is 0 Å². The fourth-order valence-corrected chi connectivity index (χ4v) is 7.09. The van der Waals surface area contributed by atoms with E-state index in [0.29, 0.717) is 6.07 Å². The van der Waals surface area contributed by atoms with Crippen molar-refractivity contribution < 1.29 is 51.6 Å². The third-order valence-electron chi connectivity index (χ3n) is 8.59. The Kier molecular flexibility index (Phi) is 11.6. The highest BCUT2D eigenvalue weighted by atomic mass is 32.2. The Morgan fingerprint density at radius 3 is 2.57 bits per heavy atom. The highest BCUT2D eigenvalue weighted by Crippen LogP contribution is 2.56. The van der Waals surface area contributed by atoms with E-state index < -0.39 is 69.1 Å². The van der Waals surface area contributed by atoms with Crippen LogP contribution in [0.5, 0.6) is 0 Å². The minimum atomic E-state index is -2.07. The van der Waals surface area contributed by atoms with E-state index in [4.69, 9.17) is 24.2 Å². The number of carboxylic acid groups (broad SMARTS) is 1. The van der Waals surface area contributed by atoms with E-state index >= 15 is 4.39 Å². The molecule has 5 rings (SSSR count). The molecule has 1 aliphatic heterocycles. The Morgan fingerprint density at radius 1 is 1.18 bits per heavy atom. The van der Waals surface area contributed by atoms with Crippen LogP contribution in [0, 0.1) is 40.1 Å². The van der Waals surface area contributed by atoms with Crippen molar-refractivity contribution in [2.45, 2.75) is 49.2 Å². The first kappa shape index (κ1) is 37.3. The van der Waals surface area contributed by atoms with Crippen LogP contribution >= 0.6 is 11.8 Å². The van der Waals surface area contributed by atoms with Crippen molar-refractivity contribution in [3.63, 3.8) is 0 Å². The lowest BCUT2D eigenvalue weighted by Crippen LogP contribution is -2.49. The Balaban J connectivity index is 1.36. The van der Waals surface area contributed by atoms with Crippen molar-refractivity contribution in [3.8, 4) is 6.07 Å². The smallest absolute Gasteiger partial charge is 0.324 e. The lowest BCUT2D eigenvalue weighted by Gasteiger charge is -2.41. The van der Waals surface area contributed by atoms with Gasteiger partial charge in [0.25, 0.3) is 0 Å². The van der Waals surface area contributed by atoms with Gasteiger partial charge in [-0.2, -0.15) is 10.4 Å². The van der Waals surface area contributed by atoms with E-state index in [0.717, 1.165) is 25.1 Å². The van der Waals surface area contributed by atoms with Gasteiger partial charge in [0.05, 0.1) is 43.2 Å². The van der Waals surface area contributed by atoms with Crippen molar-refractivity contribution in [1.82, 2.24) is 14.8 Å². The molecule has 2 aromatic carbocycles. The molecule has 16 heteroatoms. The molecule has 51 heavy (non-hydrogen) atoms. The third-order valence-corrected chi connectivity index (χ3v) is 10.0. The molecule has 2 fully saturated rings. The second-order valence-corrected chi connectivity index (χ2v) is 13.6. The number of hydrogen-bond donors (Lipinski definition) is 1. The molecule has 1 N–H and O–H groups in total. The molecular weight excluding hydrogens is 693 g/mol. The first-order chi connectivity index (χ1) is 24.4. The number of rotatable bonds is 14. The van der Waals surface area contributed by atoms with E-state index in [1.165, 1.54) is 47.3 Å². The molecule has 268 valence electrons. The molecule has 0 radical (unpaired) electrons. The van der Waals surface area contributed by atoms with Crippen LogP contribution in [0.15, 0.2) is 67.3 Å². The number of hydrogen-bond acceptors (Lipinski definition) is 11. The van der Waals surface area contributed by atoms with Gasteiger partial charge < -0.3 is 24.1 Å². The summed E-state index contributed by atoms with van der Waals surface area (Å²) in [5.74, 6) is -6.68. The van der Waals surface area contributed by atoms with Crippen LogP contribution in [0.2, 0.25) is 0 Å².